The molecule has 1 heterocycles. The van der Waals surface area contributed by atoms with Crippen molar-refractivity contribution in [3.63, 3.8) is 0 Å². The van der Waals surface area contributed by atoms with Crippen molar-refractivity contribution in [2.24, 2.45) is 0 Å². The number of rotatable bonds is 3. The second-order valence-corrected chi connectivity index (χ2v) is 4.41. The number of hydrogen-bond acceptors (Lipinski definition) is 3. The van der Waals surface area contributed by atoms with Crippen molar-refractivity contribution in [3.05, 3.63) is 12.2 Å². The molecule has 0 aromatic carbocycles. The summed E-state index contributed by atoms with van der Waals surface area (Å²) in [7, 11) is 0. The second kappa shape index (κ2) is 5.82. The third-order valence-corrected chi connectivity index (χ3v) is 3.15. The lowest BCUT2D eigenvalue weighted by atomic mass is 9.93. The van der Waals surface area contributed by atoms with Gasteiger partial charge in [0.15, 0.2) is 0 Å². The largest absolute Gasteiger partial charge is 0.378 e. The van der Waals surface area contributed by atoms with E-state index in [1.54, 1.807) is 4.90 Å². The summed E-state index contributed by atoms with van der Waals surface area (Å²) in [6.45, 7) is 2.36. The van der Waals surface area contributed by atoms with Gasteiger partial charge >= 0.3 is 0 Å². The summed E-state index contributed by atoms with van der Waals surface area (Å²) >= 11 is 0. The smallest absolute Gasteiger partial charge is 0.246 e. The quantitative estimate of drug-likeness (QED) is 0.708. The van der Waals surface area contributed by atoms with Crippen molar-refractivity contribution in [2.75, 3.05) is 26.3 Å². The van der Waals surface area contributed by atoms with E-state index < -0.39 is 0 Å². The third kappa shape index (κ3) is 3.56. The molecule has 5 heteroatoms. The van der Waals surface area contributed by atoms with Gasteiger partial charge in [0.25, 0.3) is 0 Å². The number of carbonyl (C=O) groups is 2. The summed E-state index contributed by atoms with van der Waals surface area (Å²) in [6.07, 6.45) is 5.96. The molecule has 0 unspecified atom stereocenters. The van der Waals surface area contributed by atoms with Gasteiger partial charge in [0, 0.05) is 31.3 Å². The monoisotopic (exact) mass is 238 g/mol. The van der Waals surface area contributed by atoms with Crippen LogP contribution in [0.5, 0.6) is 0 Å². The Morgan fingerprint density at radius 2 is 1.88 bits per heavy atom. The van der Waals surface area contributed by atoms with Crippen LogP contribution in [0.4, 0.5) is 0 Å². The fourth-order valence-corrected chi connectivity index (χ4v) is 1.84. The molecular formula is C12H18N2O3. The molecule has 1 saturated heterocycles. The molecule has 0 radical (unpaired) electrons. The van der Waals surface area contributed by atoms with Crippen molar-refractivity contribution in [1.82, 2.24) is 10.2 Å². The molecule has 17 heavy (non-hydrogen) atoms. The van der Waals surface area contributed by atoms with Crippen molar-refractivity contribution in [1.29, 1.82) is 0 Å². The highest BCUT2D eigenvalue weighted by Gasteiger charge is 2.18. The molecule has 0 aromatic heterocycles. The van der Waals surface area contributed by atoms with Gasteiger partial charge in [0.2, 0.25) is 11.8 Å². The van der Waals surface area contributed by atoms with E-state index in [1.807, 2.05) is 0 Å². The molecule has 2 amide bonds. The number of amides is 2. The Morgan fingerprint density at radius 1 is 1.18 bits per heavy atom. The molecule has 0 aromatic rings. The van der Waals surface area contributed by atoms with Gasteiger partial charge < -0.3 is 15.0 Å². The topological polar surface area (TPSA) is 58.6 Å². The number of nitrogens with zero attached hydrogens (tertiary/aromatic N) is 1. The van der Waals surface area contributed by atoms with Crippen LogP contribution in [0.2, 0.25) is 0 Å². The fraction of sp³-hybridized carbons (Fsp3) is 0.667. The maximum atomic E-state index is 11.7. The molecule has 1 N–H and O–H groups in total. The zero-order chi connectivity index (χ0) is 12.1. The fourth-order valence-electron chi connectivity index (χ4n) is 1.84. The van der Waals surface area contributed by atoms with E-state index in [2.05, 4.69) is 5.32 Å². The summed E-state index contributed by atoms with van der Waals surface area (Å²) in [4.78, 5) is 24.8. The van der Waals surface area contributed by atoms with Crippen LogP contribution in [0.1, 0.15) is 19.3 Å². The lowest BCUT2D eigenvalue weighted by Crippen LogP contribution is -2.40. The van der Waals surface area contributed by atoms with Crippen LogP contribution in [-0.4, -0.2) is 49.1 Å². The van der Waals surface area contributed by atoms with Crippen LogP contribution in [0.3, 0.4) is 0 Å². The average molecular weight is 238 g/mol. The van der Waals surface area contributed by atoms with Gasteiger partial charge in [-0.05, 0) is 19.3 Å². The minimum atomic E-state index is -0.170. The van der Waals surface area contributed by atoms with Gasteiger partial charge in [-0.3, -0.25) is 9.59 Å². The van der Waals surface area contributed by atoms with E-state index in [9.17, 15) is 9.59 Å². The number of ether oxygens (including phenoxy) is 1. The zero-order valence-electron chi connectivity index (χ0n) is 9.85. The van der Waals surface area contributed by atoms with Gasteiger partial charge in [0.05, 0.1) is 13.2 Å². The van der Waals surface area contributed by atoms with Crippen molar-refractivity contribution in [2.45, 2.75) is 25.3 Å². The molecule has 0 bridgehead atoms. The molecule has 2 rings (SSSR count). The highest BCUT2D eigenvalue weighted by molar-refractivity contribution is 5.96. The maximum Gasteiger partial charge on any atom is 0.246 e. The first-order chi connectivity index (χ1) is 8.25. The molecule has 5 nitrogen and oxygen atoms in total. The molecule has 1 aliphatic heterocycles. The highest BCUT2D eigenvalue weighted by atomic mass is 16.5. The number of nitrogens with one attached hydrogen (secondary N) is 1. The van der Waals surface area contributed by atoms with E-state index in [-0.39, 0.29) is 11.8 Å². The molecule has 2 fully saturated rings. The Morgan fingerprint density at radius 3 is 2.47 bits per heavy atom. The predicted molar refractivity (Wildman–Crippen MR) is 62.3 cm³/mol. The third-order valence-electron chi connectivity index (χ3n) is 3.15. The van der Waals surface area contributed by atoms with E-state index in [1.165, 1.54) is 18.6 Å². The van der Waals surface area contributed by atoms with E-state index >= 15 is 0 Å². The Kier molecular flexibility index (Phi) is 4.14. The Bertz CT molecular complexity index is 318. The molecule has 0 atom stereocenters. The molecule has 1 aliphatic carbocycles. The molecule has 94 valence electrons. The minimum absolute atomic E-state index is 0.114. The van der Waals surface area contributed by atoms with Crippen LogP contribution in [0, 0.1) is 0 Å². The molecular weight excluding hydrogens is 220 g/mol. The standard InChI is InChI=1S/C12H18N2O3/c15-11(13-10-2-1-3-10)4-5-12(16)14-6-8-17-9-7-14/h4-5,10H,1-3,6-9H2,(H,13,15)/b5-4+. The number of hydrogen-bond donors (Lipinski definition) is 1. The first-order valence-corrected chi connectivity index (χ1v) is 6.11. The minimum Gasteiger partial charge on any atom is -0.378 e. The predicted octanol–water partition coefficient (Wildman–Crippen LogP) is 0.0701. The Labute approximate surface area is 101 Å². The average Bonchev–Trinajstić information content (AvgIpc) is 2.32. The first kappa shape index (κ1) is 12.1. The summed E-state index contributed by atoms with van der Waals surface area (Å²) in [5.41, 5.74) is 0. The molecule has 2 aliphatic rings. The number of morpholine rings is 1. The summed E-state index contributed by atoms with van der Waals surface area (Å²) in [6, 6.07) is 0.311. The maximum absolute atomic E-state index is 11.7. The second-order valence-electron chi connectivity index (χ2n) is 4.41. The van der Waals surface area contributed by atoms with Crippen LogP contribution in [-0.2, 0) is 14.3 Å². The van der Waals surface area contributed by atoms with Crippen LogP contribution in [0.15, 0.2) is 12.2 Å². The van der Waals surface area contributed by atoms with Gasteiger partial charge in [-0.15, -0.1) is 0 Å². The van der Waals surface area contributed by atoms with Gasteiger partial charge in [-0.2, -0.15) is 0 Å². The van der Waals surface area contributed by atoms with E-state index in [0.717, 1.165) is 12.8 Å². The Hall–Kier alpha value is -1.36. The molecule has 1 saturated carbocycles. The SMILES string of the molecule is O=C(/C=C/C(=O)N1CCOCC1)NC1CCC1. The van der Waals surface area contributed by atoms with Gasteiger partial charge in [-0.25, -0.2) is 0 Å². The normalized spacial score (nSPS) is 21.3. The summed E-state index contributed by atoms with van der Waals surface area (Å²) in [5.74, 6) is -0.284. The lowest BCUT2D eigenvalue weighted by molar-refractivity contribution is -0.130. The summed E-state index contributed by atoms with van der Waals surface area (Å²) < 4.78 is 5.15. The van der Waals surface area contributed by atoms with Crippen molar-refractivity contribution in [3.8, 4) is 0 Å². The van der Waals surface area contributed by atoms with Crippen molar-refractivity contribution >= 4 is 11.8 Å². The van der Waals surface area contributed by atoms with E-state index in [0.29, 0.717) is 32.3 Å². The summed E-state index contributed by atoms with van der Waals surface area (Å²) in [5, 5.41) is 2.85. The van der Waals surface area contributed by atoms with Crippen LogP contribution >= 0.6 is 0 Å². The van der Waals surface area contributed by atoms with Gasteiger partial charge in [0.1, 0.15) is 0 Å². The number of carbonyl (C=O) groups excluding carboxylic acids is 2. The van der Waals surface area contributed by atoms with Crippen LogP contribution in [0.25, 0.3) is 0 Å². The van der Waals surface area contributed by atoms with E-state index in [4.69, 9.17) is 4.74 Å². The van der Waals surface area contributed by atoms with Crippen LogP contribution < -0.4 is 5.32 Å². The van der Waals surface area contributed by atoms with Gasteiger partial charge in [-0.1, -0.05) is 0 Å². The zero-order valence-corrected chi connectivity index (χ0v) is 9.85. The molecule has 0 spiro atoms. The lowest BCUT2D eigenvalue weighted by Gasteiger charge is -2.26. The first-order valence-electron chi connectivity index (χ1n) is 6.11. The highest BCUT2D eigenvalue weighted by Crippen LogP contribution is 2.17. The Balaban J connectivity index is 1.73. The van der Waals surface area contributed by atoms with Crippen molar-refractivity contribution < 1.29 is 14.3 Å².